The van der Waals surface area contributed by atoms with Gasteiger partial charge in [0.1, 0.15) is 0 Å². The molecule has 1 aromatic rings. The van der Waals surface area contributed by atoms with E-state index in [0.29, 0.717) is 12.2 Å². The second kappa shape index (κ2) is 34.4. The summed E-state index contributed by atoms with van der Waals surface area (Å²) in [5.74, 6) is -0.256. The van der Waals surface area contributed by atoms with E-state index in [0.717, 1.165) is 13.2 Å². The van der Waals surface area contributed by atoms with Crippen molar-refractivity contribution in [3.8, 4) is 0 Å². The Balaban J connectivity index is -0.000000136. The van der Waals surface area contributed by atoms with E-state index in [1.165, 1.54) is 0 Å². The third-order valence-electron chi connectivity index (χ3n) is 1.79. The van der Waals surface area contributed by atoms with Crippen molar-refractivity contribution in [3.63, 3.8) is 0 Å². The fourth-order valence-electron chi connectivity index (χ4n) is 0.993. The zero-order valence-electron chi connectivity index (χ0n) is 17.1. The van der Waals surface area contributed by atoms with E-state index in [2.05, 4.69) is 13.2 Å². The quantitative estimate of drug-likeness (QED) is 0.598. The first-order valence-corrected chi connectivity index (χ1v) is 8.66. The Bertz CT molecular complexity index is 367. The van der Waals surface area contributed by atoms with Gasteiger partial charge in [-0.3, -0.25) is 0 Å². The van der Waals surface area contributed by atoms with E-state index in [1.54, 1.807) is 31.2 Å². The van der Waals surface area contributed by atoms with Gasteiger partial charge in [0.2, 0.25) is 0 Å². The molecule has 2 N–H and O–H groups in total. The fraction of sp³-hybridized carbons (Fsp3) is 0.476. The summed E-state index contributed by atoms with van der Waals surface area (Å²) in [4.78, 5) is 11.0. The van der Waals surface area contributed by atoms with Gasteiger partial charge in [0, 0.05) is 13.2 Å². The first-order valence-electron chi connectivity index (χ1n) is 8.66. The molecule has 26 heavy (non-hydrogen) atoms. The number of benzene rings is 1. The van der Waals surface area contributed by atoms with Crippen LogP contribution >= 0.6 is 0 Å². The molecule has 1 rings (SSSR count). The SMILES string of the molecule is C=CC.C=CC.CCOC(=O)c1ccccc1.CCOCC.OCCO. The van der Waals surface area contributed by atoms with Crippen LogP contribution in [-0.2, 0) is 9.47 Å². The van der Waals surface area contributed by atoms with Crippen LogP contribution in [0.3, 0.4) is 0 Å². The van der Waals surface area contributed by atoms with Crippen LogP contribution in [0.2, 0.25) is 0 Å². The van der Waals surface area contributed by atoms with Crippen molar-refractivity contribution in [2.24, 2.45) is 0 Å². The summed E-state index contributed by atoms with van der Waals surface area (Å²) in [6.45, 7) is 18.1. The highest BCUT2D eigenvalue weighted by Gasteiger charge is 2.02. The molecule has 0 unspecified atom stereocenters. The summed E-state index contributed by atoms with van der Waals surface area (Å²) >= 11 is 0. The Morgan fingerprint density at radius 2 is 1.31 bits per heavy atom. The molecule has 0 aliphatic carbocycles. The first-order chi connectivity index (χ1) is 12.5. The van der Waals surface area contributed by atoms with Gasteiger partial charge in [-0.25, -0.2) is 4.79 Å². The Morgan fingerprint density at radius 3 is 1.54 bits per heavy atom. The van der Waals surface area contributed by atoms with Crippen molar-refractivity contribution in [3.05, 3.63) is 61.2 Å². The van der Waals surface area contributed by atoms with Crippen molar-refractivity contribution in [1.82, 2.24) is 0 Å². The Hall–Kier alpha value is -1.95. The molecular weight excluding hydrogens is 332 g/mol. The molecule has 0 saturated carbocycles. The number of hydrogen-bond donors (Lipinski definition) is 2. The number of carbonyl (C=O) groups is 1. The molecule has 0 fully saturated rings. The van der Waals surface area contributed by atoms with Crippen LogP contribution in [0.15, 0.2) is 55.6 Å². The molecule has 152 valence electrons. The number of allylic oxidation sites excluding steroid dienone is 2. The average Bonchev–Trinajstić information content (AvgIpc) is 2.65. The van der Waals surface area contributed by atoms with Gasteiger partial charge in [0.25, 0.3) is 0 Å². The molecule has 0 saturated heterocycles. The zero-order chi connectivity index (χ0) is 21.1. The predicted molar refractivity (Wildman–Crippen MR) is 110 cm³/mol. The maximum atomic E-state index is 11.0. The Kier molecular flexibility index (Phi) is 42.1. The summed E-state index contributed by atoms with van der Waals surface area (Å²) < 4.78 is 9.62. The number of hydrogen-bond acceptors (Lipinski definition) is 5. The molecule has 0 radical (unpaired) electrons. The van der Waals surface area contributed by atoms with E-state index in [9.17, 15) is 4.79 Å². The van der Waals surface area contributed by atoms with E-state index < -0.39 is 0 Å². The van der Waals surface area contributed by atoms with Gasteiger partial charge >= 0.3 is 5.97 Å². The molecule has 0 aliphatic heterocycles. The number of aliphatic hydroxyl groups excluding tert-OH is 2. The highest BCUT2D eigenvalue weighted by atomic mass is 16.5. The van der Waals surface area contributed by atoms with Crippen LogP contribution in [0, 0.1) is 0 Å². The molecule has 5 nitrogen and oxygen atoms in total. The number of ether oxygens (including phenoxy) is 2. The van der Waals surface area contributed by atoms with Crippen molar-refractivity contribution in [2.45, 2.75) is 34.6 Å². The molecule has 1 aromatic carbocycles. The molecule has 0 spiro atoms. The fourth-order valence-corrected chi connectivity index (χ4v) is 0.993. The third kappa shape index (κ3) is 37.9. The van der Waals surface area contributed by atoms with Gasteiger partial charge in [-0.15, -0.1) is 13.2 Å². The monoisotopic (exact) mass is 370 g/mol. The van der Waals surface area contributed by atoms with Crippen LogP contribution < -0.4 is 0 Å². The van der Waals surface area contributed by atoms with Crippen LogP contribution in [-0.4, -0.2) is 49.2 Å². The second-order valence-electron chi connectivity index (χ2n) is 4.13. The Labute approximate surface area is 160 Å². The molecular formula is C21H38O5. The number of carbonyl (C=O) groups excluding carboxylic acids is 1. The molecule has 0 heterocycles. The van der Waals surface area contributed by atoms with E-state index >= 15 is 0 Å². The lowest BCUT2D eigenvalue weighted by Crippen LogP contribution is -2.03. The normalized spacial score (nSPS) is 7.65. The van der Waals surface area contributed by atoms with Crippen molar-refractivity contribution >= 4 is 5.97 Å². The summed E-state index contributed by atoms with van der Waals surface area (Å²) in [6.07, 6.45) is 3.50. The van der Waals surface area contributed by atoms with Crippen LogP contribution in [0.4, 0.5) is 0 Å². The molecule has 0 amide bonds. The maximum Gasteiger partial charge on any atom is 0.338 e. The van der Waals surface area contributed by atoms with E-state index in [-0.39, 0.29) is 19.2 Å². The molecule has 0 aliphatic rings. The lowest BCUT2D eigenvalue weighted by atomic mass is 10.2. The lowest BCUT2D eigenvalue weighted by molar-refractivity contribution is 0.0526. The summed E-state index contributed by atoms with van der Waals surface area (Å²) in [6, 6.07) is 8.96. The van der Waals surface area contributed by atoms with Gasteiger partial charge in [0.05, 0.1) is 25.4 Å². The molecule has 0 atom stereocenters. The highest BCUT2D eigenvalue weighted by molar-refractivity contribution is 5.89. The first kappa shape index (κ1) is 31.8. The molecule has 5 heteroatoms. The average molecular weight is 371 g/mol. The summed E-state index contributed by atoms with van der Waals surface area (Å²) in [5, 5.41) is 15.2. The minimum absolute atomic E-state index is 0.125. The largest absolute Gasteiger partial charge is 0.462 e. The Morgan fingerprint density at radius 1 is 0.923 bits per heavy atom. The van der Waals surface area contributed by atoms with Crippen molar-refractivity contribution in [1.29, 1.82) is 0 Å². The molecule has 0 bridgehead atoms. The van der Waals surface area contributed by atoms with Crippen LogP contribution in [0.5, 0.6) is 0 Å². The highest BCUT2D eigenvalue weighted by Crippen LogP contribution is 1.99. The maximum absolute atomic E-state index is 11.0. The third-order valence-corrected chi connectivity index (χ3v) is 1.79. The molecule has 0 aromatic heterocycles. The number of aliphatic hydroxyl groups is 2. The topological polar surface area (TPSA) is 76.0 Å². The summed E-state index contributed by atoms with van der Waals surface area (Å²) in [7, 11) is 0. The van der Waals surface area contributed by atoms with Gasteiger partial charge < -0.3 is 19.7 Å². The smallest absolute Gasteiger partial charge is 0.338 e. The predicted octanol–water partition coefficient (Wildman–Crippen LogP) is 4.26. The van der Waals surface area contributed by atoms with Gasteiger partial charge in [-0.2, -0.15) is 0 Å². The zero-order valence-corrected chi connectivity index (χ0v) is 17.1. The van der Waals surface area contributed by atoms with Crippen molar-refractivity contribution in [2.75, 3.05) is 33.0 Å². The number of esters is 1. The van der Waals surface area contributed by atoms with Gasteiger partial charge in [-0.05, 0) is 46.8 Å². The lowest BCUT2D eigenvalue weighted by Gasteiger charge is -1.99. The van der Waals surface area contributed by atoms with E-state index in [4.69, 9.17) is 19.7 Å². The van der Waals surface area contributed by atoms with Crippen LogP contribution in [0.1, 0.15) is 45.0 Å². The number of rotatable bonds is 5. The minimum atomic E-state index is -0.256. The van der Waals surface area contributed by atoms with Crippen LogP contribution in [0.25, 0.3) is 0 Å². The standard InChI is InChI=1S/C9H10O2.C4H10O.2C3H6.C2H6O2/c1-2-11-9(10)8-6-4-3-5-7-8;1-3-5-4-2;2*1-3-2;3-1-2-4/h3-7H,2H2,1H3;3-4H2,1-2H3;2*3H,1H2,2H3;3-4H,1-2H2. The second-order valence-corrected chi connectivity index (χ2v) is 4.13. The van der Waals surface area contributed by atoms with Gasteiger partial charge in [0.15, 0.2) is 0 Å². The van der Waals surface area contributed by atoms with E-state index in [1.807, 2.05) is 45.9 Å². The summed E-state index contributed by atoms with van der Waals surface area (Å²) in [5.41, 5.74) is 0.606. The van der Waals surface area contributed by atoms with Crippen molar-refractivity contribution < 1.29 is 24.5 Å². The van der Waals surface area contributed by atoms with Gasteiger partial charge in [-0.1, -0.05) is 30.4 Å². The minimum Gasteiger partial charge on any atom is -0.462 e.